The average molecular weight is 411 g/mol. The standard InChI is InChI=1S/C18H26N2O5SSi/c1-8-18(5)16(13-25-27(6,7)17(2,3)4)19(18)26(23,24)15-12-10-9-11-14(15)20(21)22/h1,9-12,16H,13H2,2-7H3/t16-,18-,19?/m0/s1. The molecule has 27 heavy (non-hydrogen) atoms. The van der Waals surface area contributed by atoms with E-state index in [1.165, 1.54) is 24.3 Å². The van der Waals surface area contributed by atoms with E-state index in [0.717, 1.165) is 4.31 Å². The summed E-state index contributed by atoms with van der Waals surface area (Å²) in [6, 6.07) is 4.73. The van der Waals surface area contributed by atoms with Crippen molar-refractivity contribution in [2.75, 3.05) is 6.61 Å². The fourth-order valence-electron chi connectivity index (χ4n) is 2.67. The quantitative estimate of drug-likeness (QED) is 0.236. The summed E-state index contributed by atoms with van der Waals surface area (Å²) in [6.45, 7) is 12.2. The van der Waals surface area contributed by atoms with Gasteiger partial charge in [0.05, 0.1) is 17.6 Å². The summed E-state index contributed by atoms with van der Waals surface area (Å²) < 4.78 is 33.5. The number of terminal acetylenes is 1. The lowest BCUT2D eigenvalue weighted by Crippen LogP contribution is -2.42. The molecule has 1 fully saturated rings. The van der Waals surface area contributed by atoms with E-state index in [1.54, 1.807) is 6.92 Å². The van der Waals surface area contributed by atoms with E-state index in [2.05, 4.69) is 39.8 Å². The second kappa shape index (κ2) is 6.70. The smallest absolute Gasteiger partial charge is 0.289 e. The molecular formula is C18H26N2O5SSi. The van der Waals surface area contributed by atoms with Crippen LogP contribution in [0, 0.1) is 22.5 Å². The van der Waals surface area contributed by atoms with Crippen LogP contribution in [0.3, 0.4) is 0 Å². The number of hydrogen-bond donors (Lipinski definition) is 0. The van der Waals surface area contributed by atoms with Crippen molar-refractivity contribution in [2.45, 2.75) is 62.3 Å². The third kappa shape index (κ3) is 3.67. The van der Waals surface area contributed by atoms with Crippen molar-refractivity contribution in [3.05, 3.63) is 34.4 Å². The number of nitrogens with zero attached hydrogens (tertiary/aromatic N) is 2. The van der Waals surface area contributed by atoms with Gasteiger partial charge in [-0.1, -0.05) is 38.8 Å². The molecule has 9 heteroatoms. The van der Waals surface area contributed by atoms with Crippen LogP contribution < -0.4 is 0 Å². The largest absolute Gasteiger partial charge is 0.415 e. The van der Waals surface area contributed by atoms with Crippen molar-refractivity contribution >= 4 is 24.0 Å². The van der Waals surface area contributed by atoms with Crippen LogP contribution in [-0.2, 0) is 14.4 Å². The van der Waals surface area contributed by atoms with Crippen molar-refractivity contribution in [3.8, 4) is 12.3 Å². The lowest BCUT2D eigenvalue weighted by Gasteiger charge is -2.36. The van der Waals surface area contributed by atoms with Gasteiger partial charge < -0.3 is 4.43 Å². The number of nitro groups is 1. The first-order chi connectivity index (χ1) is 12.2. The van der Waals surface area contributed by atoms with Gasteiger partial charge in [-0.2, -0.15) is 4.31 Å². The Labute approximate surface area is 162 Å². The Bertz CT molecular complexity index is 901. The summed E-state index contributed by atoms with van der Waals surface area (Å²) >= 11 is 0. The number of para-hydroxylation sites is 1. The summed E-state index contributed by atoms with van der Waals surface area (Å²) in [6.07, 6.45) is 5.61. The van der Waals surface area contributed by atoms with Gasteiger partial charge in [-0.05, 0) is 31.1 Å². The van der Waals surface area contributed by atoms with Crippen molar-refractivity contribution < 1.29 is 17.8 Å². The highest BCUT2D eigenvalue weighted by molar-refractivity contribution is 7.89. The summed E-state index contributed by atoms with van der Waals surface area (Å²) in [5, 5.41) is 11.2. The maximum atomic E-state index is 13.1. The molecule has 1 aromatic carbocycles. The Balaban J connectivity index is 2.35. The Hall–Kier alpha value is -1.73. The number of benzene rings is 1. The Kier molecular flexibility index (Phi) is 5.35. The average Bonchev–Trinajstić information content (AvgIpc) is 3.18. The van der Waals surface area contributed by atoms with Gasteiger partial charge in [0, 0.05) is 6.07 Å². The van der Waals surface area contributed by atoms with Crippen LogP contribution in [0.25, 0.3) is 0 Å². The molecule has 0 N–H and O–H groups in total. The normalized spacial score (nSPS) is 25.7. The summed E-state index contributed by atoms with van der Waals surface area (Å²) in [4.78, 5) is 10.2. The van der Waals surface area contributed by atoms with Crippen molar-refractivity contribution in [3.63, 3.8) is 0 Å². The molecule has 1 aromatic rings. The highest BCUT2D eigenvalue weighted by atomic mass is 32.2. The zero-order chi connectivity index (χ0) is 20.8. The molecule has 1 aliphatic heterocycles. The SMILES string of the molecule is C#C[C@@]1(C)[C@H](CO[Si](C)(C)C(C)(C)C)N1S(=O)(=O)c1ccccc1[N+](=O)[O-]. The van der Waals surface area contributed by atoms with Crippen LogP contribution in [0.1, 0.15) is 27.7 Å². The first-order valence-electron chi connectivity index (χ1n) is 8.60. The molecule has 0 aromatic heterocycles. The molecule has 0 saturated carbocycles. The van der Waals surface area contributed by atoms with E-state index in [4.69, 9.17) is 10.8 Å². The first-order valence-corrected chi connectivity index (χ1v) is 12.9. The van der Waals surface area contributed by atoms with Crippen molar-refractivity contribution in [1.82, 2.24) is 4.31 Å². The second-order valence-corrected chi connectivity index (χ2v) is 15.0. The van der Waals surface area contributed by atoms with Crippen LogP contribution in [0.15, 0.2) is 29.2 Å². The molecule has 3 atom stereocenters. The van der Waals surface area contributed by atoms with Crippen LogP contribution in [0.2, 0.25) is 18.1 Å². The predicted octanol–water partition coefficient (Wildman–Crippen LogP) is 3.38. The molecule has 0 spiro atoms. The lowest BCUT2D eigenvalue weighted by molar-refractivity contribution is -0.387. The van der Waals surface area contributed by atoms with E-state index in [-0.39, 0.29) is 16.5 Å². The van der Waals surface area contributed by atoms with E-state index in [9.17, 15) is 18.5 Å². The molecule has 2 rings (SSSR count). The minimum Gasteiger partial charge on any atom is -0.415 e. The van der Waals surface area contributed by atoms with Gasteiger partial charge in [-0.15, -0.1) is 6.42 Å². The maximum Gasteiger partial charge on any atom is 0.289 e. The molecule has 148 valence electrons. The predicted molar refractivity (Wildman–Crippen MR) is 106 cm³/mol. The monoisotopic (exact) mass is 410 g/mol. The highest BCUT2D eigenvalue weighted by Crippen LogP contribution is 2.48. The summed E-state index contributed by atoms with van der Waals surface area (Å²) in [7, 11) is -6.23. The van der Waals surface area contributed by atoms with Gasteiger partial charge in [0.1, 0.15) is 5.54 Å². The molecule has 0 aliphatic carbocycles. The van der Waals surface area contributed by atoms with Crippen molar-refractivity contribution in [1.29, 1.82) is 0 Å². The Morgan fingerprint density at radius 3 is 2.41 bits per heavy atom. The van der Waals surface area contributed by atoms with Gasteiger partial charge in [0.15, 0.2) is 13.2 Å². The maximum absolute atomic E-state index is 13.1. The number of rotatable bonds is 6. The van der Waals surface area contributed by atoms with Crippen LogP contribution in [-0.4, -0.2) is 44.2 Å². The third-order valence-corrected chi connectivity index (χ3v) is 12.2. The zero-order valence-corrected chi connectivity index (χ0v) is 18.3. The van der Waals surface area contributed by atoms with Crippen LogP contribution in [0.5, 0.6) is 0 Å². The molecule has 1 aliphatic rings. The molecule has 1 unspecified atom stereocenters. The van der Waals surface area contributed by atoms with Gasteiger partial charge in [0.25, 0.3) is 15.7 Å². The molecular weight excluding hydrogens is 384 g/mol. The minimum absolute atomic E-state index is 0.0314. The molecule has 0 bridgehead atoms. The first kappa shape index (κ1) is 21.6. The summed E-state index contributed by atoms with van der Waals surface area (Å²) in [5.74, 6) is 2.53. The zero-order valence-electron chi connectivity index (χ0n) is 16.5. The lowest BCUT2D eigenvalue weighted by atomic mass is 10.1. The minimum atomic E-state index is -4.13. The van der Waals surface area contributed by atoms with Gasteiger partial charge in [-0.25, -0.2) is 8.42 Å². The molecule has 1 saturated heterocycles. The van der Waals surface area contributed by atoms with E-state index < -0.39 is 40.5 Å². The van der Waals surface area contributed by atoms with E-state index >= 15 is 0 Å². The van der Waals surface area contributed by atoms with Gasteiger partial charge >= 0.3 is 0 Å². The molecule has 7 nitrogen and oxygen atoms in total. The van der Waals surface area contributed by atoms with Crippen molar-refractivity contribution in [2.24, 2.45) is 0 Å². The summed E-state index contributed by atoms with van der Waals surface area (Å²) in [5.41, 5.74) is -1.53. The molecule has 1 heterocycles. The number of nitro benzene ring substituents is 1. The third-order valence-electron chi connectivity index (χ3n) is 5.62. The topological polar surface area (TPSA) is 89.5 Å². The van der Waals surface area contributed by atoms with Gasteiger partial charge in [0.2, 0.25) is 0 Å². The fraction of sp³-hybridized carbons (Fsp3) is 0.556. The van der Waals surface area contributed by atoms with Crippen LogP contribution >= 0.6 is 0 Å². The Morgan fingerprint density at radius 1 is 1.37 bits per heavy atom. The highest BCUT2D eigenvalue weighted by Gasteiger charge is 2.66. The number of sulfonamides is 1. The second-order valence-electron chi connectivity index (χ2n) is 8.40. The molecule has 0 amide bonds. The Morgan fingerprint density at radius 2 is 1.93 bits per heavy atom. The van der Waals surface area contributed by atoms with E-state index in [0.29, 0.717) is 0 Å². The van der Waals surface area contributed by atoms with Gasteiger partial charge in [-0.3, -0.25) is 10.1 Å². The molecule has 0 radical (unpaired) electrons. The van der Waals surface area contributed by atoms with E-state index in [1.807, 2.05) is 0 Å². The van der Waals surface area contributed by atoms with Crippen LogP contribution in [0.4, 0.5) is 5.69 Å². The number of hydrogen-bond acceptors (Lipinski definition) is 5. The fourth-order valence-corrected chi connectivity index (χ4v) is 5.77.